The number of hydrogen-bond acceptors (Lipinski definition) is 3. The lowest BCUT2D eigenvalue weighted by atomic mass is 9.72. The molecule has 0 amide bonds. The zero-order valence-electron chi connectivity index (χ0n) is 14.7. The van der Waals surface area contributed by atoms with Gasteiger partial charge >= 0.3 is 0 Å². The zero-order chi connectivity index (χ0) is 16.7. The van der Waals surface area contributed by atoms with E-state index < -0.39 is 5.60 Å². The van der Waals surface area contributed by atoms with E-state index in [1.165, 1.54) is 5.56 Å². The van der Waals surface area contributed by atoms with E-state index >= 15 is 0 Å². The van der Waals surface area contributed by atoms with Gasteiger partial charge in [0.05, 0.1) is 11.7 Å². The van der Waals surface area contributed by atoms with Crippen LogP contribution < -0.4 is 5.32 Å². The molecule has 0 saturated heterocycles. The summed E-state index contributed by atoms with van der Waals surface area (Å²) in [6, 6.07) is 10.6. The lowest BCUT2D eigenvalue weighted by Crippen LogP contribution is -2.50. The first-order valence-corrected chi connectivity index (χ1v) is 9.14. The molecule has 23 heavy (non-hydrogen) atoms. The van der Waals surface area contributed by atoms with Crippen LogP contribution in [0.2, 0.25) is 0 Å². The van der Waals surface area contributed by atoms with Gasteiger partial charge in [-0.25, -0.2) is 0 Å². The second kappa shape index (κ2) is 8.81. The lowest BCUT2D eigenvalue weighted by molar-refractivity contribution is -0.0823. The minimum Gasteiger partial charge on any atom is -0.393 e. The second-order valence-electron chi connectivity index (χ2n) is 7.57. The molecule has 0 aliphatic heterocycles. The number of hydrogen-bond donors (Lipinski definition) is 3. The largest absolute Gasteiger partial charge is 0.393 e. The quantitative estimate of drug-likeness (QED) is 0.645. The molecule has 4 atom stereocenters. The number of unbranched alkanes of at least 4 members (excludes halogenated alkanes) is 1. The highest BCUT2D eigenvalue weighted by molar-refractivity contribution is 5.14. The summed E-state index contributed by atoms with van der Waals surface area (Å²) in [7, 11) is 0. The SMILES string of the molecule is C[C@@H]1CC[C@@H]([C@@](C)(O)CNCCCCc2ccccc2)[C@@H](O)C1. The van der Waals surface area contributed by atoms with Crippen LogP contribution in [0.4, 0.5) is 0 Å². The third kappa shape index (κ3) is 5.91. The highest BCUT2D eigenvalue weighted by Gasteiger charge is 2.39. The Balaban J connectivity index is 1.63. The van der Waals surface area contributed by atoms with Gasteiger partial charge in [-0.3, -0.25) is 0 Å². The summed E-state index contributed by atoms with van der Waals surface area (Å²) >= 11 is 0. The first-order valence-electron chi connectivity index (χ1n) is 9.14. The van der Waals surface area contributed by atoms with Crippen molar-refractivity contribution in [3.63, 3.8) is 0 Å². The average molecular weight is 319 g/mol. The maximum atomic E-state index is 10.7. The minimum absolute atomic E-state index is 0.00415. The van der Waals surface area contributed by atoms with Gasteiger partial charge in [-0.1, -0.05) is 43.7 Å². The van der Waals surface area contributed by atoms with Crippen molar-refractivity contribution in [2.24, 2.45) is 11.8 Å². The van der Waals surface area contributed by atoms with E-state index in [1.54, 1.807) is 0 Å². The summed E-state index contributed by atoms with van der Waals surface area (Å²) in [6.07, 6.45) is 5.85. The van der Waals surface area contributed by atoms with Crippen molar-refractivity contribution in [1.29, 1.82) is 0 Å². The van der Waals surface area contributed by atoms with E-state index in [0.717, 1.165) is 45.1 Å². The second-order valence-corrected chi connectivity index (χ2v) is 7.57. The Morgan fingerprint density at radius 2 is 1.91 bits per heavy atom. The summed E-state index contributed by atoms with van der Waals surface area (Å²) in [4.78, 5) is 0. The third-order valence-electron chi connectivity index (χ3n) is 5.27. The fraction of sp³-hybridized carbons (Fsp3) is 0.700. The molecule has 0 heterocycles. The van der Waals surface area contributed by atoms with E-state index in [1.807, 2.05) is 13.0 Å². The highest BCUT2D eigenvalue weighted by Crippen LogP contribution is 2.35. The molecule has 3 heteroatoms. The van der Waals surface area contributed by atoms with Crippen LogP contribution in [0.1, 0.15) is 51.5 Å². The normalized spacial score (nSPS) is 27.6. The van der Waals surface area contributed by atoms with Gasteiger partial charge in [-0.15, -0.1) is 0 Å². The highest BCUT2D eigenvalue weighted by atomic mass is 16.3. The van der Waals surface area contributed by atoms with Crippen molar-refractivity contribution < 1.29 is 10.2 Å². The van der Waals surface area contributed by atoms with Gasteiger partial charge < -0.3 is 15.5 Å². The standard InChI is InChI=1S/C20H33NO2/c1-16-11-12-18(19(22)14-16)20(2,23)15-21-13-7-6-10-17-8-4-3-5-9-17/h3-5,8-9,16,18-19,21-23H,6-7,10-15H2,1-2H3/t16-,18-,19+,20+/m1/s1. The molecule has 0 bridgehead atoms. The average Bonchev–Trinajstić information content (AvgIpc) is 2.51. The van der Waals surface area contributed by atoms with E-state index in [2.05, 4.69) is 36.5 Å². The first-order chi connectivity index (χ1) is 11.0. The molecular formula is C20H33NO2. The summed E-state index contributed by atoms with van der Waals surface area (Å²) in [6.45, 7) is 5.53. The van der Waals surface area contributed by atoms with Gasteiger partial charge in [0.25, 0.3) is 0 Å². The molecule has 1 fully saturated rings. The molecule has 1 saturated carbocycles. The predicted octanol–water partition coefficient (Wildman–Crippen LogP) is 3.15. The Hall–Kier alpha value is -0.900. The van der Waals surface area contributed by atoms with Crippen LogP contribution in [0.5, 0.6) is 0 Å². The number of benzene rings is 1. The molecule has 3 nitrogen and oxygen atoms in total. The fourth-order valence-electron chi connectivity index (χ4n) is 3.77. The number of aliphatic hydroxyl groups excluding tert-OH is 1. The monoisotopic (exact) mass is 319 g/mol. The number of rotatable bonds is 8. The Bertz CT molecular complexity index is 446. The van der Waals surface area contributed by atoms with Crippen molar-refractivity contribution in [2.45, 2.75) is 64.1 Å². The Morgan fingerprint density at radius 1 is 1.17 bits per heavy atom. The molecular weight excluding hydrogens is 286 g/mol. The van der Waals surface area contributed by atoms with E-state index in [9.17, 15) is 10.2 Å². The summed E-state index contributed by atoms with van der Waals surface area (Å²) in [5.41, 5.74) is 0.567. The Labute approximate surface area is 141 Å². The number of aryl methyl sites for hydroxylation is 1. The predicted molar refractivity (Wildman–Crippen MR) is 95.4 cm³/mol. The number of aliphatic hydroxyl groups is 2. The van der Waals surface area contributed by atoms with Gasteiger partial charge in [-0.05, 0) is 57.1 Å². The van der Waals surface area contributed by atoms with Gasteiger partial charge in [0, 0.05) is 12.5 Å². The van der Waals surface area contributed by atoms with Gasteiger partial charge in [0.15, 0.2) is 0 Å². The van der Waals surface area contributed by atoms with Crippen molar-refractivity contribution in [3.8, 4) is 0 Å². The summed E-state index contributed by atoms with van der Waals surface area (Å²) in [5, 5.41) is 24.3. The van der Waals surface area contributed by atoms with Crippen molar-refractivity contribution >= 4 is 0 Å². The van der Waals surface area contributed by atoms with E-state index in [0.29, 0.717) is 12.5 Å². The molecule has 130 valence electrons. The summed E-state index contributed by atoms with van der Waals surface area (Å²) < 4.78 is 0. The first kappa shape index (κ1) is 18.4. The minimum atomic E-state index is -0.820. The van der Waals surface area contributed by atoms with Crippen molar-refractivity contribution in [3.05, 3.63) is 35.9 Å². The van der Waals surface area contributed by atoms with Crippen LogP contribution in [0.25, 0.3) is 0 Å². The Kier molecular flexibility index (Phi) is 7.07. The third-order valence-corrected chi connectivity index (χ3v) is 5.27. The maximum Gasteiger partial charge on any atom is 0.0796 e. The maximum absolute atomic E-state index is 10.7. The van der Waals surface area contributed by atoms with Gasteiger partial charge in [-0.2, -0.15) is 0 Å². The van der Waals surface area contributed by atoms with Crippen LogP contribution >= 0.6 is 0 Å². The molecule has 1 aliphatic rings. The Morgan fingerprint density at radius 3 is 2.61 bits per heavy atom. The molecule has 3 N–H and O–H groups in total. The molecule has 0 radical (unpaired) electrons. The number of nitrogens with one attached hydrogen (secondary N) is 1. The van der Waals surface area contributed by atoms with Crippen LogP contribution in [0, 0.1) is 11.8 Å². The van der Waals surface area contributed by atoms with Crippen LogP contribution in [0.15, 0.2) is 30.3 Å². The zero-order valence-corrected chi connectivity index (χ0v) is 14.7. The van der Waals surface area contributed by atoms with E-state index in [-0.39, 0.29) is 12.0 Å². The van der Waals surface area contributed by atoms with Gasteiger partial charge in [0.2, 0.25) is 0 Å². The lowest BCUT2D eigenvalue weighted by Gasteiger charge is -2.41. The topological polar surface area (TPSA) is 52.5 Å². The molecule has 1 aromatic carbocycles. The van der Waals surface area contributed by atoms with Crippen LogP contribution in [0.3, 0.4) is 0 Å². The van der Waals surface area contributed by atoms with Crippen LogP contribution in [-0.4, -0.2) is 35.0 Å². The van der Waals surface area contributed by atoms with Crippen molar-refractivity contribution in [2.75, 3.05) is 13.1 Å². The molecule has 0 unspecified atom stereocenters. The molecule has 1 aliphatic carbocycles. The van der Waals surface area contributed by atoms with Crippen molar-refractivity contribution in [1.82, 2.24) is 5.32 Å². The summed E-state index contributed by atoms with van der Waals surface area (Å²) in [5.74, 6) is 0.568. The molecule has 2 rings (SSSR count). The molecule has 0 spiro atoms. The van der Waals surface area contributed by atoms with E-state index in [4.69, 9.17) is 0 Å². The van der Waals surface area contributed by atoms with Gasteiger partial charge in [0.1, 0.15) is 0 Å². The smallest absolute Gasteiger partial charge is 0.0796 e. The molecule has 1 aromatic rings. The van der Waals surface area contributed by atoms with Crippen LogP contribution in [-0.2, 0) is 6.42 Å². The molecule has 0 aromatic heterocycles. The fourth-order valence-corrected chi connectivity index (χ4v) is 3.77.